The zero-order chi connectivity index (χ0) is 25.8. The molecule has 2 amide bonds. The number of nitrogens with one attached hydrogen (secondary N) is 1. The Morgan fingerprint density at radius 1 is 0.914 bits per heavy atom. The Kier molecular flexibility index (Phi) is 8.72. The summed E-state index contributed by atoms with van der Waals surface area (Å²) in [4.78, 5) is 28.9. The first-order valence-corrected chi connectivity index (χ1v) is 11.9. The van der Waals surface area contributed by atoms with Crippen molar-refractivity contribution in [1.29, 1.82) is 0 Å². The van der Waals surface area contributed by atoms with Gasteiger partial charge in [0.15, 0.2) is 0 Å². The lowest BCUT2D eigenvalue weighted by Gasteiger charge is -2.35. The van der Waals surface area contributed by atoms with Crippen LogP contribution in [0.5, 0.6) is 0 Å². The van der Waals surface area contributed by atoms with E-state index in [4.69, 9.17) is 0 Å². The van der Waals surface area contributed by atoms with Crippen LogP contribution in [0.4, 0.5) is 26.3 Å². The summed E-state index contributed by atoms with van der Waals surface area (Å²) in [5.74, 6) is -0.967. The Bertz CT molecular complexity index is 856. The molecule has 0 spiro atoms. The number of nitrogens with zero attached hydrogens (tertiary/aromatic N) is 2. The fourth-order valence-corrected chi connectivity index (χ4v) is 4.78. The molecule has 5 nitrogen and oxygen atoms in total. The third-order valence-corrected chi connectivity index (χ3v) is 6.95. The van der Waals surface area contributed by atoms with Gasteiger partial charge in [-0.1, -0.05) is 19.3 Å². The zero-order valence-corrected chi connectivity index (χ0v) is 19.6. The van der Waals surface area contributed by atoms with Crippen LogP contribution in [0.1, 0.15) is 66.4 Å². The number of likely N-dealkylation sites (N-methyl/N-ethyl adjacent to an activating group) is 1. The fraction of sp³-hybridized carbons (Fsp3) is 0.667. The van der Waals surface area contributed by atoms with Crippen LogP contribution in [0.25, 0.3) is 0 Å². The van der Waals surface area contributed by atoms with Gasteiger partial charge in [-0.3, -0.25) is 14.5 Å². The lowest BCUT2D eigenvalue weighted by Crippen LogP contribution is -2.47. The molecule has 2 aliphatic rings. The number of carbonyl (C=O) groups is 2. The van der Waals surface area contributed by atoms with Gasteiger partial charge in [-0.25, -0.2) is 0 Å². The molecule has 0 aromatic heterocycles. The summed E-state index contributed by atoms with van der Waals surface area (Å²) < 4.78 is 78.2. The van der Waals surface area contributed by atoms with Crippen molar-refractivity contribution in [3.63, 3.8) is 0 Å². The fourth-order valence-electron chi connectivity index (χ4n) is 4.78. The number of amides is 2. The minimum absolute atomic E-state index is 0.00475. The molecule has 1 saturated carbocycles. The number of piperidine rings is 1. The highest BCUT2D eigenvalue weighted by Crippen LogP contribution is 2.36. The predicted octanol–water partition coefficient (Wildman–Crippen LogP) is 4.96. The maximum Gasteiger partial charge on any atom is 0.416 e. The van der Waals surface area contributed by atoms with Crippen molar-refractivity contribution in [3.8, 4) is 0 Å². The topological polar surface area (TPSA) is 52.7 Å². The van der Waals surface area contributed by atoms with Crippen LogP contribution in [0.2, 0.25) is 0 Å². The highest BCUT2D eigenvalue weighted by atomic mass is 19.4. The average Bonchev–Trinajstić information content (AvgIpc) is 2.82. The van der Waals surface area contributed by atoms with Gasteiger partial charge >= 0.3 is 12.4 Å². The van der Waals surface area contributed by atoms with Crippen molar-refractivity contribution in [2.24, 2.45) is 5.92 Å². The summed E-state index contributed by atoms with van der Waals surface area (Å²) >= 11 is 0. The second-order valence-electron chi connectivity index (χ2n) is 9.54. The Morgan fingerprint density at radius 3 is 1.97 bits per heavy atom. The molecule has 1 aromatic carbocycles. The predicted molar refractivity (Wildman–Crippen MR) is 118 cm³/mol. The quantitative estimate of drug-likeness (QED) is 0.554. The molecule has 1 aliphatic carbocycles. The first kappa shape index (κ1) is 27.3. The highest BCUT2D eigenvalue weighted by Gasteiger charge is 2.37. The zero-order valence-electron chi connectivity index (χ0n) is 19.6. The van der Waals surface area contributed by atoms with Crippen molar-refractivity contribution >= 4 is 11.8 Å². The van der Waals surface area contributed by atoms with Crippen LogP contribution in [0.15, 0.2) is 18.2 Å². The normalized spacial score (nSPS) is 18.7. The van der Waals surface area contributed by atoms with Crippen LogP contribution in [0, 0.1) is 5.92 Å². The van der Waals surface area contributed by atoms with E-state index in [1.54, 1.807) is 4.90 Å². The standard InChI is InChI=1S/C24H31F6N3O2/c1-32(20-5-3-2-4-6-20)15-21(34)33-9-7-16(8-10-33)14-31-22(35)17-11-18(23(25,26)27)13-19(12-17)24(28,29)30/h11-13,16,20H,2-10,14-15H2,1H3,(H,31,35). The number of hydrogen-bond donors (Lipinski definition) is 1. The van der Waals surface area contributed by atoms with Crippen LogP contribution in [0.3, 0.4) is 0 Å². The lowest BCUT2D eigenvalue weighted by atomic mass is 9.94. The minimum Gasteiger partial charge on any atom is -0.352 e. The maximum atomic E-state index is 13.0. The first-order valence-electron chi connectivity index (χ1n) is 11.9. The molecule has 0 bridgehead atoms. The Morgan fingerprint density at radius 2 is 1.46 bits per heavy atom. The monoisotopic (exact) mass is 507 g/mol. The number of alkyl halides is 6. The molecule has 1 heterocycles. The lowest BCUT2D eigenvalue weighted by molar-refractivity contribution is -0.143. The average molecular weight is 508 g/mol. The number of benzene rings is 1. The number of halogens is 6. The summed E-state index contributed by atoms with van der Waals surface area (Å²) in [5.41, 5.74) is -3.74. The molecule has 3 rings (SSSR count). The summed E-state index contributed by atoms with van der Waals surface area (Å²) in [6.45, 7) is 1.46. The second-order valence-corrected chi connectivity index (χ2v) is 9.54. The van der Waals surface area contributed by atoms with Crippen molar-refractivity contribution in [3.05, 3.63) is 34.9 Å². The van der Waals surface area contributed by atoms with Crippen LogP contribution in [-0.4, -0.2) is 60.9 Å². The molecular weight excluding hydrogens is 476 g/mol. The van der Waals surface area contributed by atoms with Gasteiger partial charge in [-0.15, -0.1) is 0 Å². The van der Waals surface area contributed by atoms with Crippen molar-refractivity contribution < 1.29 is 35.9 Å². The van der Waals surface area contributed by atoms with Crippen LogP contribution in [-0.2, 0) is 17.1 Å². The summed E-state index contributed by atoms with van der Waals surface area (Å²) in [5, 5.41) is 2.46. The van der Waals surface area contributed by atoms with Gasteiger partial charge in [0.25, 0.3) is 5.91 Å². The smallest absolute Gasteiger partial charge is 0.352 e. The number of carbonyl (C=O) groups excluding carboxylic acids is 2. The SMILES string of the molecule is CN(CC(=O)N1CCC(CNC(=O)c2cc(C(F)(F)F)cc(C(F)(F)F)c2)CC1)C1CCCCC1. The molecule has 1 aliphatic heterocycles. The summed E-state index contributed by atoms with van der Waals surface area (Å²) in [7, 11) is 1.97. The Balaban J connectivity index is 1.50. The second kappa shape index (κ2) is 11.2. The molecule has 196 valence electrons. The number of likely N-dealkylation sites (tertiary alicyclic amines) is 1. The van der Waals surface area contributed by atoms with Crippen molar-refractivity contribution in [2.45, 2.75) is 63.3 Å². The molecule has 1 aromatic rings. The van der Waals surface area contributed by atoms with Crippen molar-refractivity contribution in [1.82, 2.24) is 15.1 Å². The molecule has 0 atom stereocenters. The molecule has 1 N–H and O–H groups in total. The van der Waals surface area contributed by atoms with E-state index in [-0.39, 0.29) is 24.4 Å². The number of rotatable bonds is 6. The third kappa shape index (κ3) is 7.59. The summed E-state index contributed by atoms with van der Waals surface area (Å²) in [6.07, 6.45) is -3.05. The molecular formula is C24H31F6N3O2. The molecule has 35 heavy (non-hydrogen) atoms. The Labute approximate surface area is 200 Å². The van der Waals surface area contributed by atoms with E-state index in [0.29, 0.717) is 50.7 Å². The van der Waals surface area contributed by atoms with E-state index in [1.165, 1.54) is 19.3 Å². The summed E-state index contributed by atoms with van der Waals surface area (Å²) in [6, 6.07) is 1.27. The van der Waals surface area contributed by atoms with E-state index in [1.807, 2.05) is 7.05 Å². The van der Waals surface area contributed by atoms with E-state index >= 15 is 0 Å². The van der Waals surface area contributed by atoms with Gasteiger partial charge in [0.05, 0.1) is 17.7 Å². The minimum atomic E-state index is -5.01. The van der Waals surface area contributed by atoms with Crippen LogP contribution < -0.4 is 5.32 Å². The van der Waals surface area contributed by atoms with Gasteiger partial charge in [0, 0.05) is 31.2 Å². The molecule has 1 saturated heterocycles. The van der Waals surface area contributed by atoms with Gasteiger partial charge in [0.1, 0.15) is 0 Å². The van der Waals surface area contributed by atoms with E-state index in [9.17, 15) is 35.9 Å². The van der Waals surface area contributed by atoms with Crippen molar-refractivity contribution in [2.75, 3.05) is 33.2 Å². The van der Waals surface area contributed by atoms with E-state index in [2.05, 4.69) is 10.2 Å². The third-order valence-electron chi connectivity index (χ3n) is 6.95. The van der Waals surface area contributed by atoms with Gasteiger partial charge < -0.3 is 10.2 Å². The molecule has 0 unspecified atom stereocenters. The largest absolute Gasteiger partial charge is 0.416 e. The molecule has 11 heteroatoms. The van der Waals surface area contributed by atoms with E-state index in [0.717, 1.165) is 12.8 Å². The van der Waals surface area contributed by atoms with E-state index < -0.39 is 35.0 Å². The number of hydrogen-bond acceptors (Lipinski definition) is 3. The molecule has 2 fully saturated rings. The maximum absolute atomic E-state index is 13.0. The van der Waals surface area contributed by atoms with Gasteiger partial charge in [-0.05, 0) is 56.8 Å². The highest BCUT2D eigenvalue weighted by molar-refractivity contribution is 5.94. The first-order chi connectivity index (χ1) is 16.3. The Hall–Kier alpha value is -2.30. The molecule has 0 radical (unpaired) electrons. The van der Waals surface area contributed by atoms with Gasteiger partial charge in [-0.2, -0.15) is 26.3 Å². The van der Waals surface area contributed by atoms with Crippen LogP contribution >= 0.6 is 0 Å². The van der Waals surface area contributed by atoms with Gasteiger partial charge in [0.2, 0.25) is 5.91 Å².